The Balaban J connectivity index is 2.27. The minimum Gasteiger partial charge on any atom is -0.258 e. The van der Waals surface area contributed by atoms with Crippen molar-refractivity contribution in [2.24, 2.45) is 5.92 Å². The van der Waals surface area contributed by atoms with Crippen molar-refractivity contribution in [3.8, 4) is 0 Å². The Kier molecular flexibility index (Phi) is 5.78. The fourth-order valence-corrected chi connectivity index (χ4v) is 3.72. The average molecular weight is 403 g/mol. The van der Waals surface area contributed by atoms with E-state index in [9.17, 15) is 10.1 Å². The summed E-state index contributed by atoms with van der Waals surface area (Å²) in [6.45, 7) is 0. The van der Waals surface area contributed by atoms with E-state index in [0.29, 0.717) is 10.4 Å². The molecule has 0 aliphatic heterocycles. The summed E-state index contributed by atoms with van der Waals surface area (Å²) in [5.41, 5.74) is 2.37. The summed E-state index contributed by atoms with van der Waals surface area (Å²) in [6, 6.07) is 5.30. The number of alkyl halides is 1. The zero-order valence-electron chi connectivity index (χ0n) is 11.1. The van der Waals surface area contributed by atoms with Gasteiger partial charge in [-0.3, -0.25) is 10.1 Å². The monoisotopic (exact) mass is 401 g/mol. The first kappa shape index (κ1) is 15.7. The molecule has 1 aliphatic carbocycles. The lowest BCUT2D eigenvalue weighted by atomic mass is 9.84. The quantitative estimate of drug-likeness (QED) is 0.367. The Morgan fingerprint density at radius 2 is 2.05 bits per heavy atom. The summed E-state index contributed by atoms with van der Waals surface area (Å²) in [5, 5.41) is 11.8. The maximum absolute atomic E-state index is 11.0. The van der Waals surface area contributed by atoms with Crippen LogP contribution in [0.15, 0.2) is 28.2 Å². The van der Waals surface area contributed by atoms with Gasteiger partial charge < -0.3 is 0 Å². The smallest absolute Gasteiger partial charge is 0.258 e. The third-order valence-electron chi connectivity index (χ3n) is 3.80. The molecular weight excluding hydrogens is 386 g/mol. The second kappa shape index (κ2) is 7.36. The summed E-state index contributed by atoms with van der Waals surface area (Å²) in [5.74, 6) is 0.617. The molecule has 5 heteroatoms. The van der Waals surface area contributed by atoms with Crippen molar-refractivity contribution in [2.45, 2.75) is 32.1 Å². The molecule has 0 saturated heterocycles. The predicted octanol–water partition coefficient (Wildman–Crippen LogP) is 5.72. The number of rotatable bonds is 4. The van der Waals surface area contributed by atoms with E-state index < -0.39 is 0 Å². The van der Waals surface area contributed by atoms with Gasteiger partial charge in [0.1, 0.15) is 0 Å². The number of nitro benzene ring substituents is 1. The lowest BCUT2D eigenvalue weighted by Gasteiger charge is -2.23. The Labute approximate surface area is 135 Å². The molecule has 0 spiro atoms. The molecule has 0 amide bonds. The number of hydrogen-bond acceptors (Lipinski definition) is 2. The van der Waals surface area contributed by atoms with Gasteiger partial charge in [-0.15, -0.1) is 0 Å². The third kappa shape index (κ3) is 3.92. The molecule has 1 aromatic carbocycles. The molecule has 2 rings (SSSR count). The Hall–Kier alpha value is -0.680. The fourth-order valence-electron chi connectivity index (χ4n) is 2.71. The van der Waals surface area contributed by atoms with E-state index in [-0.39, 0.29) is 10.6 Å². The molecule has 0 atom stereocenters. The summed E-state index contributed by atoms with van der Waals surface area (Å²) >= 11 is 6.78. The van der Waals surface area contributed by atoms with Crippen LogP contribution in [0.3, 0.4) is 0 Å². The fraction of sp³-hybridized carbons (Fsp3) is 0.467. The van der Waals surface area contributed by atoms with E-state index in [1.165, 1.54) is 37.7 Å². The number of nitrogens with zero attached hydrogens (tertiary/aromatic N) is 1. The first-order chi connectivity index (χ1) is 9.61. The molecule has 0 bridgehead atoms. The first-order valence-corrected chi connectivity index (χ1v) is 8.73. The standard InChI is InChI=1S/C15H17Br2NO2/c16-10-13(12-4-2-1-3-5-12)8-11-6-7-14(17)15(9-11)18(19)20/h6-9,12H,1-5,10H2/b13-8-. The first-order valence-electron chi connectivity index (χ1n) is 6.82. The molecular formula is C15H17Br2NO2. The Bertz CT molecular complexity index is 523. The van der Waals surface area contributed by atoms with E-state index in [4.69, 9.17) is 0 Å². The molecule has 0 radical (unpaired) electrons. The molecule has 0 N–H and O–H groups in total. The molecule has 1 aliphatic rings. The zero-order valence-corrected chi connectivity index (χ0v) is 14.3. The maximum atomic E-state index is 11.0. The molecule has 0 aromatic heterocycles. The van der Waals surface area contributed by atoms with Crippen LogP contribution in [0, 0.1) is 16.0 Å². The molecule has 1 fully saturated rings. The Morgan fingerprint density at radius 1 is 1.35 bits per heavy atom. The van der Waals surface area contributed by atoms with Crippen molar-refractivity contribution >= 4 is 43.6 Å². The van der Waals surface area contributed by atoms with Crippen LogP contribution in [-0.4, -0.2) is 10.3 Å². The summed E-state index contributed by atoms with van der Waals surface area (Å²) in [7, 11) is 0. The van der Waals surface area contributed by atoms with Crippen LogP contribution in [-0.2, 0) is 0 Å². The predicted molar refractivity (Wildman–Crippen MR) is 89.1 cm³/mol. The van der Waals surface area contributed by atoms with Crippen molar-refractivity contribution in [3.05, 3.63) is 43.9 Å². The summed E-state index contributed by atoms with van der Waals surface area (Å²) in [4.78, 5) is 10.6. The lowest BCUT2D eigenvalue weighted by molar-refractivity contribution is -0.385. The molecule has 3 nitrogen and oxygen atoms in total. The number of halogens is 2. The van der Waals surface area contributed by atoms with Crippen molar-refractivity contribution in [1.29, 1.82) is 0 Å². The SMILES string of the molecule is O=[N+]([O-])c1cc(/C=C(/CBr)C2CCCCC2)ccc1Br. The molecule has 20 heavy (non-hydrogen) atoms. The van der Waals surface area contributed by atoms with E-state index in [1.807, 2.05) is 6.07 Å². The molecule has 1 aromatic rings. The van der Waals surface area contributed by atoms with E-state index in [2.05, 4.69) is 37.9 Å². The van der Waals surface area contributed by atoms with Gasteiger partial charge in [0.05, 0.1) is 9.40 Å². The van der Waals surface area contributed by atoms with E-state index in [0.717, 1.165) is 10.9 Å². The number of allylic oxidation sites excluding steroid dienone is 1. The van der Waals surface area contributed by atoms with Gasteiger partial charge in [0, 0.05) is 11.4 Å². The molecule has 0 heterocycles. The van der Waals surface area contributed by atoms with Crippen LogP contribution in [0.5, 0.6) is 0 Å². The normalized spacial score (nSPS) is 17.2. The minimum atomic E-state index is -0.351. The van der Waals surface area contributed by atoms with Gasteiger partial charge in [-0.05, 0) is 46.3 Å². The van der Waals surface area contributed by atoms with E-state index in [1.54, 1.807) is 12.1 Å². The van der Waals surface area contributed by atoms with Crippen LogP contribution >= 0.6 is 31.9 Å². The van der Waals surface area contributed by atoms with Crippen LogP contribution < -0.4 is 0 Å². The van der Waals surface area contributed by atoms with Crippen molar-refractivity contribution in [1.82, 2.24) is 0 Å². The largest absolute Gasteiger partial charge is 0.284 e. The zero-order chi connectivity index (χ0) is 14.5. The third-order valence-corrected chi connectivity index (χ3v) is 5.12. The number of nitro groups is 1. The highest BCUT2D eigenvalue weighted by molar-refractivity contribution is 9.10. The second-order valence-corrected chi connectivity index (χ2v) is 6.57. The highest BCUT2D eigenvalue weighted by Gasteiger charge is 2.18. The van der Waals surface area contributed by atoms with Gasteiger partial charge in [-0.25, -0.2) is 0 Å². The highest BCUT2D eigenvalue weighted by atomic mass is 79.9. The van der Waals surface area contributed by atoms with E-state index >= 15 is 0 Å². The lowest BCUT2D eigenvalue weighted by Crippen LogP contribution is -2.10. The van der Waals surface area contributed by atoms with Gasteiger partial charge in [-0.1, -0.05) is 52.9 Å². The Morgan fingerprint density at radius 3 is 2.65 bits per heavy atom. The van der Waals surface area contributed by atoms with Gasteiger partial charge in [0.2, 0.25) is 0 Å². The van der Waals surface area contributed by atoms with Crippen LogP contribution in [0.1, 0.15) is 37.7 Å². The maximum Gasteiger partial charge on any atom is 0.284 e. The van der Waals surface area contributed by atoms with Crippen LogP contribution in [0.25, 0.3) is 6.08 Å². The topological polar surface area (TPSA) is 43.1 Å². The average Bonchev–Trinajstić information content (AvgIpc) is 2.47. The molecule has 108 valence electrons. The minimum absolute atomic E-state index is 0.122. The second-order valence-electron chi connectivity index (χ2n) is 5.16. The molecule has 1 saturated carbocycles. The van der Waals surface area contributed by atoms with Gasteiger partial charge in [0.15, 0.2) is 0 Å². The van der Waals surface area contributed by atoms with Gasteiger partial charge in [0.25, 0.3) is 5.69 Å². The number of benzene rings is 1. The van der Waals surface area contributed by atoms with Crippen molar-refractivity contribution in [3.63, 3.8) is 0 Å². The van der Waals surface area contributed by atoms with Crippen LogP contribution in [0.2, 0.25) is 0 Å². The molecule has 0 unspecified atom stereocenters. The van der Waals surface area contributed by atoms with Gasteiger partial charge >= 0.3 is 0 Å². The van der Waals surface area contributed by atoms with Gasteiger partial charge in [-0.2, -0.15) is 0 Å². The summed E-state index contributed by atoms with van der Waals surface area (Å²) in [6.07, 6.45) is 8.47. The van der Waals surface area contributed by atoms with Crippen LogP contribution in [0.4, 0.5) is 5.69 Å². The van der Waals surface area contributed by atoms with Crippen molar-refractivity contribution < 1.29 is 4.92 Å². The summed E-state index contributed by atoms with van der Waals surface area (Å²) < 4.78 is 0.526. The number of hydrogen-bond donors (Lipinski definition) is 0. The highest BCUT2D eigenvalue weighted by Crippen LogP contribution is 2.33. The van der Waals surface area contributed by atoms with Crippen molar-refractivity contribution in [2.75, 3.05) is 5.33 Å².